The van der Waals surface area contributed by atoms with Crippen LogP contribution in [0, 0.1) is 0 Å². The SMILES string of the molecule is O=C(CNC(=O)C(F)(F)F)c1cnc(CC2(c3ccc(Cl)cc3)CC2)nc1. The Morgan fingerprint density at radius 2 is 1.70 bits per heavy atom. The lowest BCUT2D eigenvalue weighted by atomic mass is 9.92. The van der Waals surface area contributed by atoms with E-state index in [4.69, 9.17) is 11.6 Å². The normalized spacial score (nSPS) is 15.3. The highest BCUT2D eigenvalue weighted by Crippen LogP contribution is 2.50. The third-order valence-corrected chi connectivity index (χ3v) is 4.75. The summed E-state index contributed by atoms with van der Waals surface area (Å²) in [6, 6.07) is 7.59. The van der Waals surface area contributed by atoms with Crippen LogP contribution in [0.1, 0.15) is 34.6 Å². The number of amides is 1. The van der Waals surface area contributed by atoms with E-state index >= 15 is 0 Å². The molecule has 5 nitrogen and oxygen atoms in total. The van der Waals surface area contributed by atoms with Crippen molar-refractivity contribution >= 4 is 23.3 Å². The number of aromatic nitrogens is 2. The predicted octanol–water partition coefficient (Wildman–Crippen LogP) is 3.27. The van der Waals surface area contributed by atoms with Gasteiger partial charge in [-0.3, -0.25) is 9.59 Å². The molecule has 0 saturated heterocycles. The molecular formula is C18H15ClF3N3O2. The van der Waals surface area contributed by atoms with Gasteiger partial charge >= 0.3 is 12.1 Å². The van der Waals surface area contributed by atoms with Gasteiger partial charge in [-0.25, -0.2) is 9.97 Å². The van der Waals surface area contributed by atoms with Gasteiger partial charge in [-0.05, 0) is 30.5 Å². The van der Waals surface area contributed by atoms with E-state index in [0.29, 0.717) is 17.3 Å². The summed E-state index contributed by atoms with van der Waals surface area (Å²) in [5.74, 6) is -2.32. The number of hydrogen-bond acceptors (Lipinski definition) is 4. The standard InChI is InChI=1S/C18H15ClF3N3O2/c19-13-3-1-12(2-4-13)17(5-6-17)7-15-23-8-11(9-24-15)14(26)10-25-16(27)18(20,21)22/h1-4,8-9H,5-7,10H2,(H,25,27). The lowest BCUT2D eigenvalue weighted by Crippen LogP contribution is -2.39. The van der Waals surface area contributed by atoms with Gasteiger partial charge in [-0.2, -0.15) is 13.2 Å². The van der Waals surface area contributed by atoms with E-state index in [1.165, 1.54) is 17.7 Å². The summed E-state index contributed by atoms with van der Waals surface area (Å²) in [4.78, 5) is 30.9. The maximum absolute atomic E-state index is 12.1. The molecule has 3 rings (SSSR count). The van der Waals surface area contributed by atoms with Gasteiger partial charge in [-0.15, -0.1) is 0 Å². The van der Waals surface area contributed by atoms with Crippen LogP contribution in [0.15, 0.2) is 36.7 Å². The van der Waals surface area contributed by atoms with Crippen LogP contribution in [-0.2, 0) is 16.6 Å². The molecule has 9 heteroatoms. The Bertz CT molecular complexity index is 848. The van der Waals surface area contributed by atoms with Crippen molar-refractivity contribution < 1.29 is 22.8 Å². The average Bonchev–Trinajstić information content (AvgIpc) is 3.40. The van der Waals surface area contributed by atoms with Crippen molar-refractivity contribution in [1.82, 2.24) is 15.3 Å². The molecule has 1 aliphatic rings. The molecule has 1 aromatic heterocycles. The van der Waals surface area contributed by atoms with Crippen molar-refractivity contribution in [2.45, 2.75) is 30.9 Å². The Morgan fingerprint density at radius 3 is 2.22 bits per heavy atom. The second kappa shape index (κ2) is 7.26. The van der Waals surface area contributed by atoms with Crippen LogP contribution in [0.2, 0.25) is 5.02 Å². The maximum Gasteiger partial charge on any atom is 0.471 e. The van der Waals surface area contributed by atoms with Gasteiger partial charge in [0.1, 0.15) is 5.82 Å². The fourth-order valence-electron chi connectivity index (χ4n) is 2.78. The van der Waals surface area contributed by atoms with E-state index in [2.05, 4.69) is 9.97 Å². The van der Waals surface area contributed by atoms with Crippen LogP contribution >= 0.6 is 11.6 Å². The van der Waals surface area contributed by atoms with Gasteiger partial charge in [0.15, 0.2) is 5.78 Å². The third-order valence-electron chi connectivity index (χ3n) is 4.50. The second-order valence-corrected chi connectivity index (χ2v) is 6.89. The number of hydrogen-bond donors (Lipinski definition) is 1. The Kier molecular flexibility index (Phi) is 5.19. The maximum atomic E-state index is 12.1. The molecule has 1 heterocycles. The molecule has 0 aliphatic heterocycles. The zero-order valence-electron chi connectivity index (χ0n) is 14.0. The van der Waals surface area contributed by atoms with Crippen molar-refractivity contribution in [2.24, 2.45) is 0 Å². The highest BCUT2D eigenvalue weighted by atomic mass is 35.5. The van der Waals surface area contributed by atoms with Gasteiger partial charge in [-0.1, -0.05) is 23.7 Å². The van der Waals surface area contributed by atoms with Crippen molar-refractivity contribution in [3.05, 3.63) is 58.6 Å². The summed E-state index contributed by atoms with van der Waals surface area (Å²) >= 11 is 5.91. The van der Waals surface area contributed by atoms with E-state index in [1.807, 2.05) is 24.3 Å². The summed E-state index contributed by atoms with van der Waals surface area (Å²) in [7, 11) is 0. The lowest BCUT2D eigenvalue weighted by Gasteiger charge is -2.15. The van der Waals surface area contributed by atoms with Crippen LogP contribution in [0.3, 0.4) is 0 Å². The van der Waals surface area contributed by atoms with Crippen molar-refractivity contribution in [1.29, 1.82) is 0 Å². The van der Waals surface area contributed by atoms with Gasteiger partial charge in [0.25, 0.3) is 0 Å². The van der Waals surface area contributed by atoms with Crippen LogP contribution in [0.25, 0.3) is 0 Å². The molecule has 0 radical (unpaired) electrons. The second-order valence-electron chi connectivity index (χ2n) is 6.46. The summed E-state index contributed by atoms with van der Waals surface area (Å²) in [6.45, 7) is -0.768. The first-order valence-electron chi connectivity index (χ1n) is 8.15. The minimum absolute atomic E-state index is 0.0394. The molecular weight excluding hydrogens is 383 g/mol. The highest BCUT2D eigenvalue weighted by Gasteiger charge is 2.44. The fourth-order valence-corrected chi connectivity index (χ4v) is 2.90. The van der Waals surface area contributed by atoms with Crippen molar-refractivity contribution in [2.75, 3.05) is 6.54 Å². The Labute approximate surface area is 158 Å². The first kappa shape index (κ1) is 19.3. The van der Waals surface area contributed by atoms with E-state index in [-0.39, 0.29) is 11.0 Å². The molecule has 0 atom stereocenters. The highest BCUT2D eigenvalue weighted by molar-refractivity contribution is 6.30. The Hall–Kier alpha value is -2.48. The number of rotatable bonds is 6. The number of nitrogens with one attached hydrogen (secondary N) is 1. The molecule has 1 saturated carbocycles. The number of Topliss-reactive ketones (excluding diaryl/α,β-unsaturated/α-hetero) is 1. The van der Waals surface area contributed by atoms with E-state index < -0.39 is 24.4 Å². The van der Waals surface area contributed by atoms with Gasteiger partial charge in [0.2, 0.25) is 0 Å². The predicted molar refractivity (Wildman–Crippen MR) is 91.5 cm³/mol. The van der Waals surface area contributed by atoms with E-state index in [9.17, 15) is 22.8 Å². The number of carbonyl (C=O) groups excluding carboxylic acids is 2. The number of benzene rings is 1. The first-order valence-corrected chi connectivity index (χ1v) is 8.53. The quantitative estimate of drug-likeness (QED) is 0.759. The average molecular weight is 398 g/mol. The summed E-state index contributed by atoms with van der Waals surface area (Å²) in [6.07, 6.45) is 0.0732. The number of nitrogens with zero attached hydrogens (tertiary/aromatic N) is 2. The Balaban J connectivity index is 1.61. The summed E-state index contributed by atoms with van der Waals surface area (Å²) in [5.41, 5.74) is 1.14. The van der Waals surface area contributed by atoms with Gasteiger partial charge in [0, 0.05) is 29.3 Å². The van der Waals surface area contributed by atoms with E-state index in [0.717, 1.165) is 18.4 Å². The molecule has 142 valence electrons. The topological polar surface area (TPSA) is 72.0 Å². The molecule has 2 aromatic rings. The lowest BCUT2D eigenvalue weighted by molar-refractivity contribution is -0.173. The third kappa shape index (κ3) is 4.63. The molecule has 1 amide bonds. The molecule has 1 fully saturated rings. The molecule has 0 spiro atoms. The number of carbonyl (C=O) groups is 2. The van der Waals surface area contributed by atoms with Crippen LogP contribution in [0.4, 0.5) is 13.2 Å². The minimum atomic E-state index is -5.03. The summed E-state index contributed by atoms with van der Waals surface area (Å²) < 4.78 is 36.4. The monoisotopic (exact) mass is 397 g/mol. The number of ketones is 1. The first-order chi connectivity index (χ1) is 12.7. The molecule has 0 unspecified atom stereocenters. The van der Waals surface area contributed by atoms with Crippen LogP contribution < -0.4 is 5.32 Å². The fraction of sp³-hybridized carbons (Fsp3) is 0.333. The largest absolute Gasteiger partial charge is 0.471 e. The van der Waals surface area contributed by atoms with Gasteiger partial charge in [0.05, 0.1) is 12.1 Å². The molecule has 1 aromatic carbocycles. The number of halogens is 4. The van der Waals surface area contributed by atoms with Crippen LogP contribution in [0.5, 0.6) is 0 Å². The smallest absolute Gasteiger partial charge is 0.341 e. The van der Waals surface area contributed by atoms with Gasteiger partial charge < -0.3 is 5.32 Å². The summed E-state index contributed by atoms with van der Waals surface area (Å²) in [5, 5.41) is 2.19. The zero-order valence-corrected chi connectivity index (χ0v) is 14.8. The zero-order chi connectivity index (χ0) is 19.7. The Morgan fingerprint density at radius 1 is 1.11 bits per heavy atom. The van der Waals surface area contributed by atoms with Crippen molar-refractivity contribution in [3.8, 4) is 0 Å². The van der Waals surface area contributed by atoms with Crippen LogP contribution in [-0.4, -0.2) is 34.4 Å². The molecule has 1 aliphatic carbocycles. The van der Waals surface area contributed by atoms with Crippen molar-refractivity contribution in [3.63, 3.8) is 0 Å². The molecule has 0 bridgehead atoms. The number of alkyl halides is 3. The van der Waals surface area contributed by atoms with E-state index in [1.54, 1.807) is 0 Å². The molecule has 27 heavy (non-hydrogen) atoms. The minimum Gasteiger partial charge on any atom is -0.341 e. The molecule has 1 N–H and O–H groups in total.